The average Bonchev–Trinajstić information content (AvgIpc) is 3.16. The summed E-state index contributed by atoms with van der Waals surface area (Å²) in [6, 6.07) is 10.7. The molecule has 22 heavy (non-hydrogen) atoms. The van der Waals surface area contributed by atoms with Gasteiger partial charge in [0.2, 0.25) is 0 Å². The highest BCUT2D eigenvalue weighted by atomic mass is 16.4. The molecule has 1 aromatic carbocycles. The maximum absolute atomic E-state index is 11.1. The Morgan fingerprint density at radius 2 is 1.77 bits per heavy atom. The molecule has 0 spiro atoms. The number of rotatable bonds is 4. The van der Waals surface area contributed by atoms with E-state index < -0.39 is 5.97 Å². The fourth-order valence-corrected chi connectivity index (χ4v) is 3.23. The Labute approximate surface area is 131 Å². The molecule has 2 aromatic rings. The van der Waals surface area contributed by atoms with E-state index in [4.69, 9.17) is 5.11 Å². The van der Waals surface area contributed by atoms with Crippen LogP contribution in [0.4, 0.5) is 0 Å². The van der Waals surface area contributed by atoms with E-state index in [-0.39, 0.29) is 0 Å². The van der Waals surface area contributed by atoms with Gasteiger partial charge in [-0.15, -0.1) is 0 Å². The number of likely N-dealkylation sites (tertiary alicyclic amines) is 1. The number of carbonyl (C=O) groups is 1. The Bertz CT molecular complexity index is 667. The van der Waals surface area contributed by atoms with Crippen LogP contribution < -0.4 is 0 Å². The maximum Gasteiger partial charge on any atom is 0.352 e. The molecule has 2 heterocycles. The van der Waals surface area contributed by atoms with Gasteiger partial charge in [0.05, 0.1) is 0 Å². The Morgan fingerprint density at radius 1 is 1.14 bits per heavy atom. The molecule has 0 aliphatic carbocycles. The van der Waals surface area contributed by atoms with E-state index in [2.05, 4.69) is 36.1 Å². The highest BCUT2D eigenvalue weighted by Gasteiger charge is 2.19. The number of hydrogen-bond acceptors (Lipinski definition) is 2. The number of aryl methyl sites for hydroxylation is 1. The van der Waals surface area contributed by atoms with Gasteiger partial charge in [-0.2, -0.15) is 0 Å². The van der Waals surface area contributed by atoms with Crippen LogP contribution in [0.5, 0.6) is 0 Å². The number of carboxylic acids is 1. The molecule has 1 aromatic heterocycles. The second-order valence-corrected chi connectivity index (χ2v) is 6.07. The number of carboxylic acid groups (broad SMARTS) is 1. The largest absolute Gasteiger partial charge is 0.477 e. The smallest absolute Gasteiger partial charge is 0.352 e. The summed E-state index contributed by atoms with van der Waals surface area (Å²) >= 11 is 0. The fourth-order valence-electron chi connectivity index (χ4n) is 3.23. The summed E-state index contributed by atoms with van der Waals surface area (Å²) < 4.78 is 1.65. The van der Waals surface area contributed by atoms with Crippen LogP contribution in [-0.4, -0.2) is 33.6 Å². The number of nitrogens with zero attached hydrogens (tertiary/aromatic N) is 2. The molecule has 1 aliphatic rings. The first-order valence-corrected chi connectivity index (χ1v) is 7.80. The van der Waals surface area contributed by atoms with Crippen molar-refractivity contribution >= 4 is 5.97 Å². The van der Waals surface area contributed by atoms with Crippen molar-refractivity contribution in [1.82, 2.24) is 9.47 Å². The summed E-state index contributed by atoms with van der Waals surface area (Å²) in [4.78, 5) is 13.6. The molecular formula is C18H22N2O2. The molecule has 0 unspecified atom stereocenters. The van der Waals surface area contributed by atoms with Gasteiger partial charge in [-0.05, 0) is 50.0 Å². The van der Waals surface area contributed by atoms with Gasteiger partial charge in [0, 0.05) is 24.8 Å². The fraction of sp³-hybridized carbons (Fsp3) is 0.389. The van der Waals surface area contributed by atoms with Gasteiger partial charge >= 0.3 is 5.97 Å². The van der Waals surface area contributed by atoms with Crippen LogP contribution in [0, 0.1) is 0 Å². The lowest BCUT2D eigenvalue weighted by Crippen LogP contribution is -2.23. The lowest BCUT2D eigenvalue weighted by molar-refractivity contribution is 0.0686. The second kappa shape index (κ2) is 5.97. The van der Waals surface area contributed by atoms with Crippen molar-refractivity contribution in [1.29, 1.82) is 0 Å². The summed E-state index contributed by atoms with van der Waals surface area (Å²) in [6.07, 6.45) is 4.46. The van der Waals surface area contributed by atoms with Crippen LogP contribution in [-0.2, 0) is 7.05 Å². The normalized spacial score (nSPS) is 16.8. The molecule has 1 aliphatic heterocycles. The summed E-state index contributed by atoms with van der Waals surface area (Å²) in [7, 11) is 1.76. The van der Waals surface area contributed by atoms with Crippen molar-refractivity contribution in [3.05, 3.63) is 47.8 Å². The van der Waals surface area contributed by atoms with E-state index in [0.29, 0.717) is 11.7 Å². The summed E-state index contributed by atoms with van der Waals surface area (Å²) in [5.41, 5.74) is 3.63. The Kier molecular flexibility index (Phi) is 4.03. The highest BCUT2D eigenvalue weighted by Crippen LogP contribution is 2.27. The minimum atomic E-state index is -0.895. The number of aromatic carboxylic acids is 1. The van der Waals surface area contributed by atoms with Crippen molar-refractivity contribution in [3.8, 4) is 11.1 Å². The SMILES string of the molecule is C[C@H](c1ccc(-c2cc(C(=O)O)n(C)c2)cc1)N1CCCC1. The number of aromatic nitrogens is 1. The van der Waals surface area contributed by atoms with Gasteiger partial charge in [-0.3, -0.25) is 4.90 Å². The molecule has 4 nitrogen and oxygen atoms in total. The molecule has 0 radical (unpaired) electrons. The molecule has 116 valence electrons. The zero-order valence-electron chi connectivity index (χ0n) is 13.1. The van der Waals surface area contributed by atoms with Crippen molar-refractivity contribution in [2.24, 2.45) is 7.05 Å². The second-order valence-electron chi connectivity index (χ2n) is 6.07. The molecule has 3 rings (SSSR count). The molecule has 0 bridgehead atoms. The summed E-state index contributed by atoms with van der Waals surface area (Å²) in [5, 5.41) is 9.14. The molecule has 1 fully saturated rings. The van der Waals surface area contributed by atoms with E-state index in [0.717, 1.165) is 11.1 Å². The number of benzene rings is 1. The van der Waals surface area contributed by atoms with Crippen molar-refractivity contribution in [2.45, 2.75) is 25.8 Å². The molecule has 0 saturated carbocycles. The van der Waals surface area contributed by atoms with E-state index in [1.807, 2.05) is 6.20 Å². The van der Waals surface area contributed by atoms with E-state index in [1.165, 1.54) is 31.5 Å². The van der Waals surface area contributed by atoms with Crippen LogP contribution in [0.15, 0.2) is 36.5 Å². The predicted octanol–water partition coefficient (Wildman–Crippen LogP) is 3.55. The summed E-state index contributed by atoms with van der Waals surface area (Å²) in [5.74, 6) is -0.895. The van der Waals surface area contributed by atoms with Crippen LogP contribution in [0.1, 0.15) is 41.9 Å². The lowest BCUT2D eigenvalue weighted by Gasteiger charge is -2.24. The first-order valence-electron chi connectivity index (χ1n) is 7.80. The lowest BCUT2D eigenvalue weighted by atomic mass is 10.0. The van der Waals surface area contributed by atoms with Gasteiger partial charge in [-0.25, -0.2) is 4.79 Å². The zero-order chi connectivity index (χ0) is 15.7. The Morgan fingerprint density at radius 3 is 2.32 bits per heavy atom. The molecular weight excluding hydrogens is 276 g/mol. The first kappa shape index (κ1) is 14.9. The van der Waals surface area contributed by atoms with Crippen molar-refractivity contribution in [3.63, 3.8) is 0 Å². The standard InChI is InChI=1S/C18H22N2O2/c1-13(20-9-3-4-10-20)14-5-7-15(8-6-14)16-11-17(18(21)22)19(2)12-16/h5-8,11-13H,3-4,9-10H2,1-2H3,(H,21,22)/t13-/m1/s1. The van der Waals surface area contributed by atoms with Gasteiger partial charge in [0.15, 0.2) is 0 Å². The topological polar surface area (TPSA) is 45.5 Å². The van der Waals surface area contributed by atoms with Crippen LogP contribution in [0.3, 0.4) is 0 Å². The first-order chi connectivity index (χ1) is 10.6. The van der Waals surface area contributed by atoms with Gasteiger partial charge < -0.3 is 9.67 Å². The maximum atomic E-state index is 11.1. The van der Waals surface area contributed by atoms with E-state index in [9.17, 15) is 4.79 Å². The third-order valence-electron chi connectivity index (χ3n) is 4.64. The third-order valence-corrected chi connectivity index (χ3v) is 4.64. The van der Waals surface area contributed by atoms with E-state index in [1.54, 1.807) is 17.7 Å². The minimum absolute atomic E-state index is 0.310. The third kappa shape index (κ3) is 2.79. The van der Waals surface area contributed by atoms with Crippen LogP contribution in [0.2, 0.25) is 0 Å². The van der Waals surface area contributed by atoms with E-state index >= 15 is 0 Å². The average molecular weight is 298 g/mol. The van der Waals surface area contributed by atoms with Crippen molar-refractivity contribution < 1.29 is 9.90 Å². The minimum Gasteiger partial charge on any atom is -0.477 e. The predicted molar refractivity (Wildman–Crippen MR) is 87.0 cm³/mol. The molecule has 0 amide bonds. The number of hydrogen-bond donors (Lipinski definition) is 1. The monoisotopic (exact) mass is 298 g/mol. The zero-order valence-corrected chi connectivity index (χ0v) is 13.1. The quantitative estimate of drug-likeness (QED) is 0.939. The molecule has 1 saturated heterocycles. The van der Waals surface area contributed by atoms with Gasteiger partial charge in [0.25, 0.3) is 0 Å². The summed E-state index contributed by atoms with van der Waals surface area (Å²) in [6.45, 7) is 4.62. The van der Waals surface area contributed by atoms with Gasteiger partial charge in [0.1, 0.15) is 5.69 Å². The highest BCUT2D eigenvalue weighted by molar-refractivity contribution is 5.88. The van der Waals surface area contributed by atoms with Crippen LogP contribution in [0.25, 0.3) is 11.1 Å². The van der Waals surface area contributed by atoms with Crippen molar-refractivity contribution in [2.75, 3.05) is 13.1 Å². The van der Waals surface area contributed by atoms with Gasteiger partial charge in [-0.1, -0.05) is 24.3 Å². The Hall–Kier alpha value is -2.07. The Balaban J connectivity index is 1.81. The molecule has 1 atom stereocenters. The molecule has 1 N–H and O–H groups in total. The molecule has 4 heteroatoms. The van der Waals surface area contributed by atoms with Crippen LogP contribution >= 0.6 is 0 Å².